The number of benzene rings is 2. The summed E-state index contributed by atoms with van der Waals surface area (Å²) in [6.07, 6.45) is 0.235. The van der Waals surface area contributed by atoms with Gasteiger partial charge in [-0.2, -0.15) is 0 Å². The van der Waals surface area contributed by atoms with E-state index < -0.39 is 0 Å². The van der Waals surface area contributed by atoms with Gasteiger partial charge in [-0.25, -0.2) is 4.98 Å². The van der Waals surface area contributed by atoms with Crippen molar-refractivity contribution in [1.82, 2.24) is 10.3 Å². The van der Waals surface area contributed by atoms with Crippen molar-refractivity contribution in [3.63, 3.8) is 0 Å². The SMILES string of the molecule is CC(NC(=O)Cc1csc(-c2ccccc2)n1)c1ccc(Cl)cc1Cl. The van der Waals surface area contributed by atoms with Gasteiger partial charge < -0.3 is 5.32 Å². The van der Waals surface area contributed by atoms with Gasteiger partial charge in [0.05, 0.1) is 18.2 Å². The van der Waals surface area contributed by atoms with Gasteiger partial charge in [-0.1, -0.05) is 59.6 Å². The lowest BCUT2D eigenvalue weighted by atomic mass is 10.1. The summed E-state index contributed by atoms with van der Waals surface area (Å²) in [7, 11) is 0. The molecular weight excluding hydrogens is 375 g/mol. The molecule has 0 fully saturated rings. The Balaban J connectivity index is 1.64. The lowest BCUT2D eigenvalue weighted by Crippen LogP contribution is -2.28. The molecule has 0 radical (unpaired) electrons. The molecule has 0 saturated heterocycles. The minimum atomic E-state index is -0.204. The Morgan fingerprint density at radius 2 is 1.96 bits per heavy atom. The Bertz CT molecular complexity index is 880. The molecule has 2 aromatic carbocycles. The quantitative estimate of drug-likeness (QED) is 0.621. The molecule has 6 heteroatoms. The van der Waals surface area contributed by atoms with Crippen LogP contribution in [-0.4, -0.2) is 10.9 Å². The number of halogens is 2. The molecule has 0 saturated carbocycles. The van der Waals surface area contributed by atoms with Crippen LogP contribution in [0.2, 0.25) is 10.0 Å². The maximum Gasteiger partial charge on any atom is 0.226 e. The molecule has 128 valence electrons. The molecule has 0 bridgehead atoms. The standard InChI is InChI=1S/C19H16Cl2N2OS/c1-12(16-8-7-14(20)9-17(16)21)22-18(24)10-15-11-25-19(23-15)13-5-3-2-4-6-13/h2-9,11-12H,10H2,1H3,(H,22,24). The van der Waals surface area contributed by atoms with Crippen molar-refractivity contribution in [2.24, 2.45) is 0 Å². The number of nitrogens with zero attached hydrogens (tertiary/aromatic N) is 1. The Hall–Kier alpha value is -1.88. The van der Waals surface area contributed by atoms with Crippen LogP contribution in [0.1, 0.15) is 24.2 Å². The number of nitrogens with one attached hydrogen (secondary N) is 1. The van der Waals surface area contributed by atoms with Crippen LogP contribution in [-0.2, 0) is 11.2 Å². The fourth-order valence-corrected chi connectivity index (χ4v) is 3.89. The van der Waals surface area contributed by atoms with Crippen LogP contribution < -0.4 is 5.32 Å². The summed E-state index contributed by atoms with van der Waals surface area (Å²) in [6, 6.07) is 15.0. The van der Waals surface area contributed by atoms with Crippen molar-refractivity contribution in [3.8, 4) is 10.6 Å². The predicted octanol–water partition coefficient (Wildman–Crippen LogP) is 5.54. The topological polar surface area (TPSA) is 42.0 Å². The number of hydrogen-bond donors (Lipinski definition) is 1. The van der Waals surface area contributed by atoms with Crippen LogP contribution in [0, 0.1) is 0 Å². The zero-order valence-electron chi connectivity index (χ0n) is 13.5. The summed E-state index contributed by atoms with van der Waals surface area (Å²) >= 11 is 13.6. The molecule has 1 N–H and O–H groups in total. The van der Waals surface area contributed by atoms with E-state index in [1.807, 2.05) is 48.7 Å². The molecule has 0 aliphatic rings. The zero-order valence-corrected chi connectivity index (χ0v) is 15.8. The average molecular weight is 391 g/mol. The normalized spacial score (nSPS) is 12.0. The molecule has 0 spiro atoms. The van der Waals surface area contributed by atoms with E-state index in [1.165, 1.54) is 11.3 Å². The zero-order chi connectivity index (χ0) is 17.8. The Morgan fingerprint density at radius 1 is 1.20 bits per heavy atom. The van der Waals surface area contributed by atoms with E-state index in [1.54, 1.807) is 12.1 Å². The molecular formula is C19H16Cl2N2OS. The van der Waals surface area contributed by atoms with Crippen LogP contribution in [0.15, 0.2) is 53.9 Å². The summed E-state index contributed by atoms with van der Waals surface area (Å²) in [4.78, 5) is 16.8. The van der Waals surface area contributed by atoms with E-state index >= 15 is 0 Å². The van der Waals surface area contributed by atoms with Crippen molar-refractivity contribution >= 4 is 40.4 Å². The highest BCUT2D eigenvalue weighted by Gasteiger charge is 2.15. The molecule has 1 heterocycles. The average Bonchev–Trinajstić information content (AvgIpc) is 3.03. The number of carbonyl (C=O) groups is 1. The van der Waals surface area contributed by atoms with E-state index in [4.69, 9.17) is 23.2 Å². The van der Waals surface area contributed by atoms with Crippen molar-refractivity contribution in [1.29, 1.82) is 0 Å². The number of amides is 1. The summed E-state index contributed by atoms with van der Waals surface area (Å²) in [6.45, 7) is 1.89. The lowest BCUT2D eigenvalue weighted by Gasteiger charge is -2.15. The Labute approximate surface area is 160 Å². The molecule has 3 rings (SSSR count). The fourth-order valence-electron chi connectivity index (χ4n) is 2.49. The third kappa shape index (κ3) is 4.60. The van der Waals surface area contributed by atoms with Crippen LogP contribution in [0.4, 0.5) is 0 Å². The van der Waals surface area contributed by atoms with Gasteiger partial charge in [0.15, 0.2) is 0 Å². The minimum Gasteiger partial charge on any atom is -0.349 e. The van der Waals surface area contributed by atoms with E-state index in [-0.39, 0.29) is 18.4 Å². The summed E-state index contributed by atoms with van der Waals surface area (Å²) in [5.74, 6) is -0.0940. The molecule has 25 heavy (non-hydrogen) atoms. The predicted molar refractivity (Wildman–Crippen MR) is 104 cm³/mol. The number of carbonyl (C=O) groups excluding carboxylic acids is 1. The van der Waals surface area contributed by atoms with E-state index in [0.717, 1.165) is 21.8 Å². The lowest BCUT2D eigenvalue weighted by molar-refractivity contribution is -0.121. The van der Waals surface area contributed by atoms with Crippen molar-refractivity contribution in [2.75, 3.05) is 0 Å². The largest absolute Gasteiger partial charge is 0.349 e. The summed E-state index contributed by atoms with van der Waals surface area (Å²) in [5, 5.41) is 6.90. The molecule has 1 aromatic heterocycles. The number of aromatic nitrogens is 1. The van der Waals surface area contributed by atoms with Gasteiger partial charge in [0, 0.05) is 21.0 Å². The second-order valence-electron chi connectivity index (χ2n) is 5.64. The van der Waals surface area contributed by atoms with Crippen LogP contribution in [0.25, 0.3) is 10.6 Å². The first kappa shape index (κ1) is 17.9. The molecule has 0 aliphatic carbocycles. The number of rotatable bonds is 5. The second-order valence-corrected chi connectivity index (χ2v) is 7.34. The summed E-state index contributed by atoms with van der Waals surface area (Å²) < 4.78 is 0. The first-order valence-corrected chi connectivity index (χ1v) is 9.40. The smallest absolute Gasteiger partial charge is 0.226 e. The van der Waals surface area contributed by atoms with Gasteiger partial charge in [-0.15, -0.1) is 11.3 Å². The van der Waals surface area contributed by atoms with Crippen LogP contribution >= 0.6 is 34.5 Å². The van der Waals surface area contributed by atoms with Gasteiger partial charge in [0.1, 0.15) is 5.01 Å². The van der Waals surface area contributed by atoms with Crippen LogP contribution in [0.3, 0.4) is 0 Å². The third-order valence-corrected chi connectivity index (χ3v) is 5.22. The van der Waals surface area contributed by atoms with Crippen LogP contribution in [0.5, 0.6) is 0 Å². The first-order valence-electron chi connectivity index (χ1n) is 7.77. The fraction of sp³-hybridized carbons (Fsp3) is 0.158. The maximum absolute atomic E-state index is 12.3. The molecule has 0 aliphatic heterocycles. The van der Waals surface area contributed by atoms with Crippen molar-refractivity contribution in [3.05, 3.63) is 75.2 Å². The maximum atomic E-state index is 12.3. The molecule has 1 unspecified atom stereocenters. The van der Waals surface area contributed by atoms with Crippen molar-refractivity contribution < 1.29 is 4.79 Å². The molecule has 3 nitrogen and oxygen atoms in total. The monoisotopic (exact) mass is 390 g/mol. The van der Waals surface area contributed by atoms with Gasteiger partial charge in [-0.3, -0.25) is 4.79 Å². The van der Waals surface area contributed by atoms with Gasteiger partial charge >= 0.3 is 0 Å². The number of thiazole rings is 1. The molecule has 1 amide bonds. The highest BCUT2D eigenvalue weighted by Crippen LogP contribution is 2.26. The van der Waals surface area contributed by atoms with Gasteiger partial charge in [0.2, 0.25) is 5.91 Å². The molecule has 3 aromatic rings. The van der Waals surface area contributed by atoms with E-state index in [9.17, 15) is 4.79 Å². The third-order valence-electron chi connectivity index (χ3n) is 3.72. The molecule has 1 atom stereocenters. The summed E-state index contributed by atoms with van der Waals surface area (Å²) in [5.41, 5.74) is 2.65. The highest BCUT2D eigenvalue weighted by atomic mass is 35.5. The number of hydrogen-bond acceptors (Lipinski definition) is 3. The van der Waals surface area contributed by atoms with Gasteiger partial charge in [0.25, 0.3) is 0 Å². The second kappa shape index (κ2) is 8.00. The van der Waals surface area contributed by atoms with E-state index in [2.05, 4.69) is 10.3 Å². The highest BCUT2D eigenvalue weighted by molar-refractivity contribution is 7.13. The Kier molecular flexibility index (Phi) is 5.74. The van der Waals surface area contributed by atoms with Gasteiger partial charge in [-0.05, 0) is 24.6 Å². The Morgan fingerprint density at radius 3 is 2.68 bits per heavy atom. The van der Waals surface area contributed by atoms with Crippen molar-refractivity contribution in [2.45, 2.75) is 19.4 Å². The minimum absolute atomic E-state index is 0.0940. The van der Waals surface area contributed by atoms with E-state index in [0.29, 0.717) is 10.0 Å². The first-order chi connectivity index (χ1) is 12.0.